The van der Waals surface area contributed by atoms with Crippen molar-refractivity contribution in [1.82, 2.24) is 0 Å². The van der Waals surface area contributed by atoms with Crippen molar-refractivity contribution in [2.24, 2.45) is 0 Å². The average Bonchev–Trinajstić information content (AvgIpc) is 2.43. The molecule has 0 heterocycles. The number of carboxylic acids is 1. The SMILES string of the molecule is O=C(O)c1cccc(OCCNc2cc(F)cc(F)c2)c1. The zero-order chi connectivity index (χ0) is 15.2. The molecule has 0 atom stereocenters. The molecular weight excluding hydrogens is 280 g/mol. The van der Waals surface area contributed by atoms with Crippen molar-refractivity contribution in [3.05, 3.63) is 59.7 Å². The van der Waals surface area contributed by atoms with Crippen molar-refractivity contribution in [1.29, 1.82) is 0 Å². The summed E-state index contributed by atoms with van der Waals surface area (Å²) in [4.78, 5) is 10.8. The van der Waals surface area contributed by atoms with E-state index in [2.05, 4.69) is 5.32 Å². The van der Waals surface area contributed by atoms with Crippen molar-refractivity contribution >= 4 is 11.7 Å². The number of halogens is 2. The van der Waals surface area contributed by atoms with Crippen LogP contribution in [0.15, 0.2) is 42.5 Å². The molecule has 0 unspecified atom stereocenters. The minimum atomic E-state index is -1.03. The van der Waals surface area contributed by atoms with E-state index < -0.39 is 17.6 Å². The highest BCUT2D eigenvalue weighted by Gasteiger charge is 2.04. The minimum absolute atomic E-state index is 0.132. The topological polar surface area (TPSA) is 58.6 Å². The van der Waals surface area contributed by atoms with Crippen molar-refractivity contribution in [2.75, 3.05) is 18.5 Å². The van der Waals surface area contributed by atoms with Gasteiger partial charge in [0.25, 0.3) is 0 Å². The van der Waals surface area contributed by atoms with E-state index in [0.717, 1.165) is 6.07 Å². The fourth-order valence-electron chi connectivity index (χ4n) is 1.74. The summed E-state index contributed by atoms with van der Waals surface area (Å²) in [6.07, 6.45) is 0. The summed E-state index contributed by atoms with van der Waals surface area (Å²) >= 11 is 0. The van der Waals surface area contributed by atoms with Gasteiger partial charge in [-0.2, -0.15) is 0 Å². The molecule has 0 aliphatic heterocycles. The Hall–Kier alpha value is -2.63. The Labute approximate surface area is 120 Å². The van der Waals surface area contributed by atoms with Crippen LogP contribution in [0.1, 0.15) is 10.4 Å². The van der Waals surface area contributed by atoms with Crippen LogP contribution in [-0.4, -0.2) is 24.2 Å². The second-order valence-electron chi connectivity index (χ2n) is 4.27. The highest BCUT2D eigenvalue weighted by atomic mass is 19.1. The van der Waals surface area contributed by atoms with Gasteiger partial charge < -0.3 is 15.2 Å². The summed E-state index contributed by atoms with van der Waals surface area (Å²) in [6.45, 7) is 0.543. The number of benzene rings is 2. The van der Waals surface area contributed by atoms with Crippen LogP contribution in [-0.2, 0) is 0 Å². The first-order valence-electron chi connectivity index (χ1n) is 6.21. The number of carbonyl (C=O) groups is 1. The van der Waals surface area contributed by atoms with Crippen LogP contribution < -0.4 is 10.1 Å². The quantitative estimate of drug-likeness (QED) is 0.803. The van der Waals surface area contributed by atoms with Crippen LogP contribution in [0.5, 0.6) is 5.75 Å². The maximum absolute atomic E-state index is 13.0. The molecule has 0 saturated carbocycles. The molecule has 0 amide bonds. The molecule has 110 valence electrons. The monoisotopic (exact) mass is 293 g/mol. The zero-order valence-electron chi connectivity index (χ0n) is 11.0. The lowest BCUT2D eigenvalue weighted by atomic mass is 10.2. The van der Waals surface area contributed by atoms with Gasteiger partial charge in [-0.25, -0.2) is 13.6 Å². The molecule has 4 nitrogen and oxygen atoms in total. The Bertz CT molecular complexity index is 626. The van der Waals surface area contributed by atoms with Crippen molar-refractivity contribution in [3.63, 3.8) is 0 Å². The van der Waals surface area contributed by atoms with Gasteiger partial charge in [0.15, 0.2) is 0 Å². The summed E-state index contributed by atoms with van der Waals surface area (Å²) in [6, 6.07) is 9.22. The molecule has 0 bridgehead atoms. The van der Waals surface area contributed by atoms with Crippen LogP contribution in [0.25, 0.3) is 0 Å². The number of aromatic carboxylic acids is 1. The summed E-state index contributed by atoms with van der Waals surface area (Å²) in [7, 11) is 0. The number of hydrogen-bond donors (Lipinski definition) is 2. The lowest BCUT2D eigenvalue weighted by Crippen LogP contribution is -2.12. The largest absolute Gasteiger partial charge is 0.492 e. The molecule has 0 aromatic heterocycles. The third-order valence-corrected chi connectivity index (χ3v) is 2.64. The second kappa shape index (κ2) is 6.69. The molecule has 0 fully saturated rings. The second-order valence-corrected chi connectivity index (χ2v) is 4.27. The Kier molecular flexibility index (Phi) is 4.71. The molecule has 0 radical (unpaired) electrons. The normalized spacial score (nSPS) is 10.2. The highest BCUT2D eigenvalue weighted by Crippen LogP contribution is 2.14. The van der Waals surface area contributed by atoms with Crippen molar-refractivity contribution < 1.29 is 23.4 Å². The highest BCUT2D eigenvalue weighted by molar-refractivity contribution is 5.87. The van der Waals surface area contributed by atoms with E-state index in [1.807, 2.05) is 0 Å². The van der Waals surface area contributed by atoms with Gasteiger partial charge in [0.2, 0.25) is 0 Å². The Morgan fingerprint density at radius 3 is 2.52 bits per heavy atom. The van der Waals surface area contributed by atoms with Gasteiger partial charge >= 0.3 is 5.97 Å². The molecule has 0 saturated heterocycles. The van der Waals surface area contributed by atoms with Gasteiger partial charge in [0.05, 0.1) is 5.56 Å². The number of nitrogens with one attached hydrogen (secondary N) is 1. The smallest absolute Gasteiger partial charge is 0.335 e. The zero-order valence-corrected chi connectivity index (χ0v) is 11.0. The van der Waals surface area contributed by atoms with E-state index in [-0.39, 0.29) is 12.2 Å². The van der Waals surface area contributed by atoms with E-state index >= 15 is 0 Å². The van der Waals surface area contributed by atoms with Gasteiger partial charge in [0.1, 0.15) is 24.0 Å². The van der Waals surface area contributed by atoms with Crippen LogP contribution in [0, 0.1) is 11.6 Å². The van der Waals surface area contributed by atoms with Gasteiger partial charge in [0, 0.05) is 18.3 Å². The lowest BCUT2D eigenvalue weighted by Gasteiger charge is -2.09. The van der Waals surface area contributed by atoms with Crippen molar-refractivity contribution in [2.45, 2.75) is 0 Å². The number of anilines is 1. The third kappa shape index (κ3) is 4.45. The van der Waals surface area contributed by atoms with Crippen LogP contribution in [0.3, 0.4) is 0 Å². The first-order valence-corrected chi connectivity index (χ1v) is 6.21. The van der Waals surface area contributed by atoms with E-state index in [9.17, 15) is 13.6 Å². The molecule has 2 aromatic carbocycles. The maximum atomic E-state index is 13.0. The molecule has 2 aromatic rings. The number of rotatable bonds is 6. The predicted molar refractivity (Wildman–Crippen MR) is 73.7 cm³/mol. The summed E-state index contributed by atoms with van der Waals surface area (Å²) in [5.41, 5.74) is 0.447. The fourth-order valence-corrected chi connectivity index (χ4v) is 1.74. The van der Waals surface area contributed by atoms with Crippen molar-refractivity contribution in [3.8, 4) is 5.75 Å². The first-order chi connectivity index (χ1) is 10.0. The van der Waals surface area contributed by atoms with Crippen LogP contribution in [0.2, 0.25) is 0 Å². The Balaban J connectivity index is 1.84. The molecule has 0 aliphatic rings. The molecule has 2 N–H and O–H groups in total. The molecule has 0 aliphatic carbocycles. The third-order valence-electron chi connectivity index (χ3n) is 2.64. The van der Waals surface area contributed by atoms with Gasteiger partial charge in [-0.3, -0.25) is 0 Å². The van der Waals surface area contributed by atoms with Gasteiger partial charge in [-0.05, 0) is 30.3 Å². The Morgan fingerprint density at radius 2 is 1.86 bits per heavy atom. The van der Waals surface area contributed by atoms with Crippen LogP contribution in [0.4, 0.5) is 14.5 Å². The molecule has 0 spiro atoms. The van der Waals surface area contributed by atoms with E-state index in [1.54, 1.807) is 12.1 Å². The molecular formula is C15H13F2NO3. The van der Waals surface area contributed by atoms with E-state index in [4.69, 9.17) is 9.84 Å². The molecule has 2 rings (SSSR count). The Morgan fingerprint density at radius 1 is 1.14 bits per heavy atom. The van der Waals surface area contributed by atoms with Gasteiger partial charge in [-0.1, -0.05) is 6.07 Å². The predicted octanol–water partition coefficient (Wildman–Crippen LogP) is 3.15. The molecule has 21 heavy (non-hydrogen) atoms. The maximum Gasteiger partial charge on any atom is 0.335 e. The van der Waals surface area contributed by atoms with Crippen LogP contribution >= 0.6 is 0 Å². The number of hydrogen-bond acceptors (Lipinski definition) is 3. The van der Waals surface area contributed by atoms with E-state index in [0.29, 0.717) is 18.0 Å². The summed E-state index contributed by atoms with van der Waals surface area (Å²) in [5.74, 6) is -1.93. The lowest BCUT2D eigenvalue weighted by molar-refractivity contribution is 0.0696. The summed E-state index contributed by atoms with van der Waals surface area (Å²) < 4.78 is 31.3. The van der Waals surface area contributed by atoms with Gasteiger partial charge in [-0.15, -0.1) is 0 Å². The van der Waals surface area contributed by atoms with E-state index in [1.165, 1.54) is 24.3 Å². The number of ether oxygens (including phenoxy) is 1. The summed E-state index contributed by atoms with van der Waals surface area (Å²) in [5, 5.41) is 11.7. The number of carboxylic acid groups (broad SMARTS) is 1. The standard InChI is InChI=1S/C15H13F2NO3/c16-11-7-12(17)9-13(8-11)18-4-5-21-14-3-1-2-10(6-14)15(19)20/h1-3,6-9,18H,4-5H2,(H,19,20). The molecule has 6 heteroatoms. The fraction of sp³-hybridized carbons (Fsp3) is 0.133. The minimum Gasteiger partial charge on any atom is -0.492 e. The average molecular weight is 293 g/mol. The first kappa shape index (κ1) is 14.8.